The molecule has 0 fully saturated rings. The number of aromatic amines is 1. The molecule has 7 heteroatoms. The van der Waals surface area contributed by atoms with Crippen molar-refractivity contribution in [3.63, 3.8) is 0 Å². The number of imidazole rings is 1. The minimum atomic E-state index is 0.489. The van der Waals surface area contributed by atoms with Crippen LogP contribution in [0.2, 0.25) is 0 Å². The van der Waals surface area contributed by atoms with Crippen LogP contribution in [0.15, 0.2) is 41.9 Å². The van der Waals surface area contributed by atoms with Crippen molar-refractivity contribution >= 4 is 22.9 Å². The monoisotopic (exact) mass is 297 g/mol. The Hall–Kier alpha value is -2.59. The summed E-state index contributed by atoms with van der Waals surface area (Å²) in [7, 11) is 0. The maximum absolute atomic E-state index is 8.98. The number of hydrogen-bond acceptors (Lipinski definition) is 6. The third kappa shape index (κ3) is 2.95. The van der Waals surface area contributed by atoms with Crippen LogP contribution in [0.25, 0.3) is 11.2 Å². The number of nitrogens with zero attached hydrogens (tertiary/aromatic N) is 4. The fourth-order valence-electron chi connectivity index (χ4n) is 1.83. The second-order valence-electron chi connectivity index (χ2n) is 4.08. The van der Waals surface area contributed by atoms with Gasteiger partial charge in [0.25, 0.3) is 0 Å². The highest BCUT2D eigenvalue weighted by molar-refractivity contribution is 7.99. The molecule has 0 saturated carbocycles. The largest absolute Gasteiger partial charge is 0.491 e. The van der Waals surface area contributed by atoms with Crippen LogP contribution < -0.4 is 4.74 Å². The van der Waals surface area contributed by atoms with Gasteiger partial charge in [-0.25, -0.2) is 15.0 Å². The molecule has 0 atom stereocenters. The van der Waals surface area contributed by atoms with E-state index in [1.54, 1.807) is 30.2 Å². The summed E-state index contributed by atoms with van der Waals surface area (Å²) in [4.78, 5) is 15.4. The molecule has 2 aromatic heterocycles. The lowest BCUT2D eigenvalue weighted by Crippen LogP contribution is -2.02. The smallest absolute Gasteiger partial charge is 0.181 e. The van der Waals surface area contributed by atoms with Gasteiger partial charge in [0.15, 0.2) is 5.65 Å². The summed E-state index contributed by atoms with van der Waals surface area (Å²) in [5.41, 5.74) is 2.03. The van der Waals surface area contributed by atoms with E-state index in [0.717, 1.165) is 10.5 Å². The van der Waals surface area contributed by atoms with Crippen LogP contribution in [0, 0.1) is 11.3 Å². The summed E-state index contributed by atoms with van der Waals surface area (Å²) < 4.78 is 5.63. The van der Waals surface area contributed by atoms with Crippen LogP contribution in [0.4, 0.5) is 0 Å². The number of H-pyrrole nitrogens is 1. The van der Waals surface area contributed by atoms with Crippen LogP contribution in [0.5, 0.6) is 5.75 Å². The number of benzene rings is 1. The van der Waals surface area contributed by atoms with Gasteiger partial charge in [-0.3, -0.25) is 0 Å². The van der Waals surface area contributed by atoms with Crippen molar-refractivity contribution in [1.29, 1.82) is 5.26 Å². The number of rotatable bonds is 5. The third-order valence-corrected chi connectivity index (χ3v) is 3.73. The molecule has 1 N–H and O–H groups in total. The van der Waals surface area contributed by atoms with Crippen LogP contribution in [-0.2, 0) is 0 Å². The predicted molar refractivity (Wildman–Crippen MR) is 79.1 cm³/mol. The Morgan fingerprint density at radius 2 is 2.14 bits per heavy atom. The number of nitriles is 1. The number of hydrogen-bond donors (Lipinski definition) is 1. The fourth-order valence-corrected chi connectivity index (χ4v) is 2.60. The first-order valence-electron chi connectivity index (χ1n) is 6.27. The second kappa shape index (κ2) is 6.24. The Bertz CT molecular complexity index is 795. The van der Waals surface area contributed by atoms with Crippen LogP contribution >= 0.6 is 11.8 Å². The van der Waals surface area contributed by atoms with Gasteiger partial charge in [-0.1, -0.05) is 12.1 Å². The van der Waals surface area contributed by atoms with Gasteiger partial charge in [0.1, 0.15) is 28.7 Å². The molecular weight excluding hydrogens is 286 g/mol. The van der Waals surface area contributed by atoms with Gasteiger partial charge in [0, 0.05) is 5.75 Å². The molecule has 0 aliphatic rings. The molecule has 3 rings (SSSR count). The summed E-state index contributed by atoms with van der Waals surface area (Å²) in [6.07, 6.45) is 3.10. The van der Waals surface area contributed by atoms with Gasteiger partial charge in [0.2, 0.25) is 0 Å². The minimum absolute atomic E-state index is 0.489. The maximum atomic E-state index is 8.98. The van der Waals surface area contributed by atoms with Crippen LogP contribution in [-0.4, -0.2) is 32.3 Å². The van der Waals surface area contributed by atoms with Gasteiger partial charge in [-0.05, 0) is 12.1 Å². The van der Waals surface area contributed by atoms with Gasteiger partial charge in [-0.2, -0.15) is 5.26 Å². The number of para-hydroxylation sites is 1. The lowest BCUT2D eigenvalue weighted by Gasteiger charge is -2.07. The van der Waals surface area contributed by atoms with E-state index in [4.69, 9.17) is 10.00 Å². The van der Waals surface area contributed by atoms with Crippen molar-refractivity contribution in [2.24, 2.45) is 0 Å². The van der Waals surface area contributed by atoms with E-state index >= 15 is 0 Å². The molecule has 0 unspecified atom stereocenters. The summed E-state index contributed by atoms with van der Waals surface area (Å²) >= 11 is 1.56. The second-order valence-corrected chi connectivity index (χ2v) is 5.17. The zero-order valence-electron chi connectivity index (χ0n) is 11.0. The van der Waals surface area contributed by atoms with Gasteiger partial charge in [0.05, 0.1) is 18.5 Å². The maximum Gasteiger partial charge on any atom is 0.181 e. The molecule has 0 radical (unpaired) electrons. The standard InChI is InChI=1S/C14H11N5OS/c15-7-10-3-1-2-4-11(10)20-5-6-21-14-12-13(17-8-16-12)18-9-19-14/h1-4,8-9H,5-6H2,(H,16,17,18,19). The van der Waals surface area contributed by atoms with E-state index < -0.39 is 0 Å². The van der Waals surface area contributed by atoms with E-state index in [9.17, 15) is 0 Å². The van der Waals surface area contributed by atoms with E-state index in [-0.39, 0.29) is 0 Å². The van der Waals surface area contributed by atoms with Crippen molar-refractivity contribution in [3.05, 3.63) is 42.5 Å². The van der Waals surface area contributed by atoms with Crippen molar-refractivity contribution in [2.45, 2.75) is 5.03 Å². The first-order chi connectivity index (χ1) is 10.4. The predicted octanol–water partition coefficient (Wildman–Crippen LogP) is 2.40. The Morgan fingerprint density at radius 3 is 3.05 bits per heavy atom. The first-order valence-corrected chi connectivity index (χ1v) is 7.26. The van der Waals surface area contributed by atoms with Gasteiger partial charge in [-0.15, -0.1) is 11.8 Å². The average molecular weight is 297 g/mol. The lowest BCUT2D eigenvalue weighted by molar-refractivity contribution is 0.343. The average Bonchev–Trinajstić information content (AvgIpc) is 3.01. The molecule has 3 aromatic rings. The van der Waals surface area contributed by atoms with E-state index in [1.807, 2.05) is 12.1 Å². The highest BCUT2D eigenvalue weighted by atomic mass is 32.2. The topological polar surface area (TPSA) is 87.5 Å². The Kier molecular flexibility index (Phi) is 3.98. The molecule has 0 aliphatic carbocycles. The summed E-state index contributed by atoms with van der Waals surface area (Å²) in [5.74, 6) is 1.32. The highest BCUT2D eigenvalue weighted by Crippen LogP contribution is 2.22. The Morgan fingerprint density at radius 1 is 1.24 bits per heavy atom. The minimum Gasteiger partial charge on any atom is -0.491 e. The fraction of sp³-hybridized carbons (Fsp3) is 0.143. The first kappa shape index (κ1) is 13.4. The number of thioether (sulfide) groups is 1. The summed E-state index contributed by atoms with van der Waals surface area (Å²) in [6.45, 7) is 0.489. The molecule has 0 saturated heterocycles. The van der Waals surface area contributed by atoms with Gasteiger partial charge >= 0.3 is 0 Å². The van der Waals surface area contributed by atoms with Crippen molar-refractivity contribution < 1.29 is 4.74 Å². The summed E-state index contributed by atoms with van der Waals surface area (Å²) in [5, 5.41) is 9.83. The van der Waals surface area contributed by atoms with Crippen molar-refractivity contribution in [3.8, 4) is 11.8 Å². The van der Waals surface area contributed by atoms with E-state index in [1.165, 1.54) is 6.33 Å². The SMILES string of the molecule is N#Cc1ccccc1OCCSc1ncnc2nc[nH]c12. The molecule has 0 spiro atoms. The molecule has 1 aromatic carbocycles. The molecule has 21 heavy (non-hydrogen) atoms. The Balaban J connectivity index is 1.60. The zero-order valence-corrected chi connectivity index (χ0v) is 11.8. The quantitative estimate of drug-likeness (QED) is 0.442. The molecule has 6 nitrogen and oxygen atoms in total. The number of nitrogens with one attached hydrogen (secondary N) is 1. The normalized spacial score (nSPS) is 10.4. The zero-order chi connectivity index (χ0) is 14.5. The molecule has 2 heterocycles. The van der Waals surface area contributed by atoms with Crippen molar-refractivity contribution in [1.82, 2.24) is 19.9 Å². The Labute approximate surface area is 125 Å². The van der Waals surface area contributed by atoms with E-state index in [0.29, 0.717) is 29.3 Å². The molecule has 0 amide bonds. The van der Waals surface area contributed by atoms with Crippen LogP contribution in [0.3, 0.4) is 0 Å². The summed E-state index contributed by atoms with van der Waals surface area (Å²) in [6, 6.07) is 9.30. The highest BCUT2D eigenvalue weighted by Gasteiger charge is 2.07. The van der Waals surface area contributed by atoms with Crippen LogP contribution in [0.1, 0.15) is 5.56 Å². The molecule has 0 bridgehead atoms. The molecule has 0 aliphatic heterocycles. The van der Waals surface area contributed by atoms with Gasteiger partial charge < -0.3 is 9.72 Å². The number of ether oxygens (including phenoxy) is 1. The van der Waals surface area contributed by atoms with E-state index in [2.05, 4.69) is 26.0 Å². The number of fused-ring (bicyclic) bond motifs is 1. The third-order valence-electron chi connectivity index (χ3n) is 2.78. The molecule has 104 valence electrons. The van der Waals surface area contributed by atoms with Crippen molar-refractivity contribution in [2.75, 3.05) is 12.4 Å². The lowest BCUT2D eigenvalue weighted by atomic mass is 10.2. The number of aromatic nitrogens is 4. The molecular formula is C14H11N5OS.